The van der Waals surface area contributed by atoms with Crippen LogP contribution in [0, 0.1) is 5.82 Å². The van der Waals surface area contributed by atoms with Crippen molar-refractivity contribution in [1.82, 2.24) is 14.9 Å². The lowest BCUT2D eigenvalue weighted by molar-refractivity contribution is -0.111. The van der Waals surface area contributed by atoms with Gasteiger partial charge in [-0.05, 0) is 57.0 Å². The second-order valence-electron chi connectivity index (χ2n) is 8.93. The monoisotopic (exact) mass is 469 g/mol. The van der Waals surface area contributed by atoms with Crippen LogP contribution in [-0.2, 0) is 27.2 Å². The third-order valence-corrected chi connectivity index (χ3v) is 5.17. The molecule has 7 nitrogen and oxygen atoms in total. The first kappa shape index (κ1) is 25.4. The number of methoxy groups -OCH3 is 2. The fourth-order valence-corrected chi connectivity index (χ4v) is 3.65. The van der Waals surface area contributed by atoms with Crippen LogP contribution in [-0.4, -0.2) is 41.8 Å². The van der Waals surface area contributed by atoms with E-state index in [4.69, 9.17) is 14.2 Å². The second-order valence-corrected chi connectivity index (χ2v) is 8.93. The molecular formula is C26H32FN3O4. The number of hydrogen-bond acceptors (Lipinski definition) is 5. The van der Waals surface area contributed by atoms with E-state index in [1.54, 1.807) is 32.7 Å². The van der Waals surface area contributed by atoms with E-state index >= 15 is 0 Å². The molecule has 0 radical (unpaired) electrons. The molecule has 0 saturated heterocycles. The molecule has 3 rings (SSSR count). The van der Waals surface area contributed by atoms with Crippen LogP contribution in [0.15, 0.2) is 60.9 Å². The van der Waals surface area contributed by atoms with Crippen molar-refractivity contribution in [1.29, 1.82) is 0 Å². The minimum atomic E-state index is -0.654. The first-order valence-corrected chi connectivity index (χ1v) is 11.1. The molecule has 0 saturated carbocycles. The minimum Gasteiger partial charge on any atom is -0.444 e. The summed E-state index contributed by atoms with van der Waals surface area (Å²) < 4.78 is 31.9. The molecule has 1 N–H and O–H groups in total. The fraction of sp³-hybridized carbons (Fsp3) is 0.385. The number of imidazole rings is 1. The van der Waals surface area contributed by atoms with Gasteiger partial charge >= 0.3 is 6.09 Å². The number of nitrogens with zero attached hydrogens (tertiary/aromatic N) is 2. The number of aromatic nitrogens is 2. The van der Waals surface area contributed by atoms with Crippen molar-refractivity contribution in [2.45, 2.75) is 51.7 Å². The van der Waals surface area contributed by atoms with E-state index < -0.39 is 24.0 Å². The highest BCUT2D eigenvalue weighted by Gasteiger charge is 2.27. The summed E-state index contributed by atoms with van der Waals surface area (Å²) in [5, 5.41) is 3.02. The zero-order valence-corrected chi connectivity index (χ0v) is 20.2. The van der Waals surface area contributed by atoms with Crippen LogP contribution >= 0.6 is 0 Å². The van der Waals surface area contributed by atoms with E-state index in [1.165, 1.54) is 12.1 Å². The van der Waals surface area contributed by atoms with E-state index in [9.17, 15) is 9.18 Å². The number of carbonyl (C=O) groups is 1. The van der Waals surface area contributed by atoms with Crippen molar-refractivity contribution in [3.8, 4) is 11.3 Å². The summed E-state index contributed by atoms with van der Waals surface area (Å²) in [6.45, 7) is 5.79. The van der Waals surface area contributed by atoms with Crippen LogP contribution in [0.1, 0.15) is 38.1 Å². The van der Waals surface area contributed by atoms with E-state index in [0.29, 0.717) is 18.7 Å². The van der Waals surface area contributed by atoms with Gasteiger partial charge in [0.1, 0.15) is 11.4 Å². The molecule has 0 unspecified atom stereocenters. The normalized spacial score (nSPS) is 12.6. The molecular weight excluding hydrogens is 437 g/mol. The Balaban J connectivity index is 2.08. The van der Waals surface area contributed by atoms with Crippen molar-refractivity contribution in [2.75, 3.05) is 14.2 Å². The van der Waals surface area contributed by atoms with Gasteiger partial charge in [-0.2, -0.15) is 0 Å². The molecule has 1 amide bonds. The van der Waals surface area contributed by atoms with E-state index in [1.807, 2.05) is 55.7 Å². The highest BCUT2D eigenvalue weighted by atomic mass is 19.1. The first-order chi connectivity index (χ1) is 16.2. The smallest absolute Gasteiger partial charge is 0.408 e. The van der Waals surface area contributed by atoms with Gasteiger partial charge in [-0.1, -0.05) is 30.3 Å². The molecule has 0 aliphatic carbocycles. The molecule has 0 bridgehead atoms. The number of nitrogens with one attached hydrogen (secondary N) is 1. The van der Waals surface area contributed by atoms with Gasteiger partial charge in [-0.15, -0.1) is 0 Å². The Morgan fingerprint density at radius 2 is 1.71 bits per heavy atom. The maximum absolute atomic E-state index is 13.6. The third-order valence-electron chi connectivity index (χ3n) is 5.17. The van der Waals surface area contributed by atoms with Crippen LogP contribution in [0.2, 0.25) is 0 Å². The topological polar surface area (TPSA) is 74.6 Å². The van der Waals surface area contributed by atoms with Crippen LogP contribution in [0.5, 0.6) is 0 Å². The van der Waals surface area contributed by atoms with Crippen molar-refractivity contribution in [2.24, 2.45) is 0 Å². The largest absolute Gasteiger partial charge is 0.444 e. The van der Waals surface area contributed by atoms with Gasteiger partial charge in [0.2, 0.25) is 0 Å². The zero-order valence-electron chi connectivity index (χ0n) is 20.2. The molecule has 3 aromatic rings. The molecule has 1 atom stereocenters. The summed E-state index contributed by atoms with van der Waals surface area (Å²) >= 11 is 0. The molecule has 182 valence electrons. The second kappa shape index (κ2) is 11.3. The van der Waals surface area contributed by atoms with Gasteiger partial charge in [-0.3, -0.25) is 0 Å². The van der Waals surface area contributed by atoms with Gasteiger partial charge in [-0.25, -0.2) is 14.2 Å². The third kappa shape index (κ3) is 6.88. The Hall–Kier alpha value is -3.23. The lowest BCUT2D eigenvalue weighted by atomic mass is 9.99. The molecule has 1 aromatic heterocycles. The minimum absolute atomic E-state index is 0.337. The van der Waals surface area contributed by atoms with Gasteiger partial charge in [0.15, 0.2) is 6.29 Å². The average molecular weight is 470 g/mol. The SMILES string of the molecule is COC(Cn1cnc(-c2ccc(F)cc2)c1[C@@H](Cc1ccccc1)NC(=O)OC(C)(C)C)OC. The maximum atomic E-state index is 13.6. The quantitative estimate of drug-likeness (QED) is 0.441. The number of amides is 1. The Morgan fingerprint density at radius 3 is 2.29 bits per heavy atom. The number of rotatable bonds is 9. The van der Waals surface area contributed by atoms with Crippen LogP contribution < -0.4 is 5.32 Å². The highest BCUT2D eigenvalue weighted by Crippen LogP contribution is 2.30. The molecule has 1 heterocycles. The zero-order chi connectivity index (χ0) is 24.7. The van der Waals surface area contributed by atoms with E-state index in [-0.39, 0.29) is 5.82 Å². The summed E-state index contributed by atoms with van der Waals surface area (Å²) in [7, 11) is 3.12. The molecule has 0 spiro atoms. The number of benzene rings is 2. The summed E-state index contributed by atoms with van der Waals surface area (Å²) in [5.74, 6) is -0.337. The molecule has 0 aliphatic rings. The lowest BCUT2D eigenvalue weighted by Gasteiger charge is -2.26. The molecule has 0 aliphatic heterocycles. The van der Waals surface area contributed by atoms with Gasteiger partial charge < -0.3 is 24.1 Å². The van der Waals surface area contributed by atoms with E-state index in [0.717, 1.165) is 16.8 Å². The number of carbonyl (C=O) groups excluding carboxylic acids is 1. The molecule has 2 aromatic carbocycles. The predicted octanol–water partition coefficient (Wildman–Crippen LogP) is 5.12. The highest BCUT2D eigenvalue weighted by molar-refractivity contribution is 5.70. The van der Waals surface area contributed by atoms with Crippen molar-refractivity contribution in [3.63, 3.8) is 0 Å². The Morgan fingerprint density at radius 1 is 1.06 bits per heavy atom. The standard InChI is InChI=1S/C26H32FN3O4/c1-26(2,3)34-25(31)29-21(15-18-9-7-6-8-10-18)24-23(19-11-13-20(27)14-12-19)28-17-30(24)16-22(32-4)33-5/h6-14,17,21-22H,15-16H2,1-5H3,(H,29,31)/t21-/m1/s1. The Kier molecular flexibility index (Phi) is 8.41. The summed E-state index contributed by atoms with van der Waals surface area (Å²) in [4.78, 5) is 17.5. The van der Waals surface area contributed by atoms with Gasteiger partial charge in [0.05, 0.1) is 30.3 Å². The maximum Gasteiger partial charge on any atom is 0.408 e. The summed E-state index contributed by atoms with van der Waals surface area (Å²) in [5.41, 5.74) is 2.46. The number of alkyl carbamates (subject to hydrolysis) is 1. The molecule has 8 heteroatoms. The first-order valence-electron chi connectivity index (χ1n) is 11.1. The summed E-state index contributed by atoms with van der Waals surface area (Å²) in [6.07, 6.45) is 1.10. The predicted molar refractivity (Wildman–Crippen MR) is 128 cm³/mol. The van der Waals surface area contributed by atoms with Gasteiger partial charge in [0, 0.05) is 19.8 Å². The average Bonchev–Trinajstić information content (AvgIpc) is 3.20. The van der Waals surface area contributed by atoms with Crippen molar-refractivity contribution < 1.29 is 23.4 Å². The number of ether oxygens (including phenoxy) is 3. The van der Waals surface area contributed by atoms with Crippen LogP contribution in [0.25, 0.3) is 11.3 Å². The Bertz CT molecular complexity index is 1060. The van der Waals surface area contributed by atoms with Gasteiger partial charge in [0.25, 0.3) is 0 Å². The number of hydrogen-bond donors (Lipinski definition) is 1. The number of halogens is 1. The summed E-state index contributed by atoms with van der Waals surface area (Å²) in [6, 6.07) is 15.4. The lowest BCUT2D eigenvalue weighted by Crippen LogP contribution is -2.37. The van der Waals surface area contributed by atoms with Crippen LogP contribution in [0.3, 0.4) is 0 Å². The Labute approximate surface area is 199 Å². The van der Waals surface area contributed by atoms with Crippen molar-refractivity contribution >= 4 is 6.09 Å². The molecule has 34 heavy (non-hydrogen) atoms. The van der Waals surface area contributed by atoms with Crippen LogP contribution in [0.4, 0.5) is 9.18 Å². The fourth-order valence-electron chi connectivity index (χ4n) is 3.65. The van der Waals surface area contributed by atoms with Crippen molar-refractivity contribution in [3.05, 3.63) is 78.0 Å². The molecule has 0 fully saturated rings. The van der Waals surface area contributed by atoms with E-state index in [2.05, 4.69) is 10.3 Å².